The third-order valence-corrected chi connectivity index (χ3v) is 3.40. The Kier molecular flexibility index (Phi) is 4.52. The van der Waals surface area contributed by atoms with Crippen LogP contribution in [-0.2, 0) is 0 Å². The number of nitrogens with one attached hydrogen (secondary N) is 1. The summed E-state index contributed by atoms with van der Waals surface area (Å²) in [4.78, 5) is 5.62. The van der Waals surface area contributed by atoms with Crippen LogP contribution >= 0.6 is 0 Å². The van der Waals surface area contributed by atoms with Gasteiger partial charge in [-0.2, -0.15) is 13.2 Å². The van der Waals surface area contributed by atoms with Gasteiger partial charge in [0.1, 0.15) is 12.4 Å². The van der Waals surface area contributed by atoms with Crippen molar-refractivity contribution >= 4 is 5.82 Å². The molecular weight excluding hydrogens is 267 g/mol. The number of hydrogen-bond donors (Lipinski definition) is 1. The highest BCUT2D eigenvalue weighted by atomic mass is 19.4. The van der Waals surface area contributed by atoms with Crippen LogP contribution in [0.5, 0.6) is 0 Å². The number of rotatable bonds is 6. The van der Waals surface area contributed by atoms with Crippen molar-refractivity contribution in [1.82, 2.24) is 10.3 Å². The Labute approximate surface area is 117 Å². The Balaban J connectivity index is 2.28. The number of alkyl halides is 3. The molecule has 6 heteroatoms. The molecule has 2 rings (SSSR count). The first-order valence-corrected chi connectivity index (χ1v) is 6.94. The van der Waals surface area contributed by atoms with Gasteiger partial charge in [0, 0.05) is 23.8 Å². The number of hydrogen-bond acceptors (Lipinski definition) is 3. The van der Waals surface area contributed by atoms with Gasteiger partial charge in [0.05, 0.1) is 0 Å². The summed E-state index contributed by atoms with van der Waals surface area (Å²) >= 11 is 0. The van der Waals surface area contributed by atoms with Gasteiger partial charge in [0.2, 0.25) is 0 Å². The van der Waals surface area contributed by atoms with Crippen molar-refractivity contribution in [3.63, 3.8) is 0 Å². The van der Waals surface area contributed by atoms with Gasteiger partial charge in [-0.3, -0.25) is 0 Å². The van der Waals surface area contributed by atoms with Crippen molar-refractivity contribution < 1.29 is 13.2 Å². The molecule has 0 aliphatic heterocycles. The molecule has 1 unspecified atom stereocenters. The smallest absolute Gasteiger partial charge is 0.344 e. The van der Waals surface area contributed by atoms with E-state index in [0.29, 0.717) is 5.82 Å². The number of aromatic nitrogens is 1. The topological polar surface area (TPSA) is 28.2 Å². The first kappa shape index (κ1) is 15.1. The Morgan fingerprint density at radius 2 is 2.15 bits per heavy atom. The zero-order chi connectivity index (χ0) is 14.8. The first-order chi connectivity index (χ1) is 9.42. The van der Waals surface area contributed by atoms with Gasteiger partial charge in [-0.1, -0.05) is 13.0 Å². The summed E-state index contributed by atoms with van der Waals surface area (Å²) in [6.07, 6.45) is -1.04. The molecule has 3 nitrogen and oxygen atoms in total. The molecule has 1 atom stereocenters. The minimum Gasteiger partial charge on any atom is -0.344 e. The Morgan fingerprint density at radius 1 is 1.45 bits per heavy atom. The van der Waals surface area contributed by atoms with E-state index in [1.807, 2.05) is 19.9 Å². The van der Waals surface area contributed by atoms with Gasteiger partial charge in [-0.25, -0.2) is 4.98 Å². The lowest BCUT2D eigenvalue weighted by atomic mass is 10.1. The largest absolute Gasteiger partial charge is 0.405 e. The number of pyridine rings is 1. The molecular formula is C14H20F3N3. The number of anilines is 1. The Hall–Kier alpha value is -1.30. The maximum absolute atomic E-state index is 12.8. The zero-order valence-electron chi connectivity index (χ0n) is 11.7. The lowest BCUT2D eigenvalue weighted by Gasteiger charge is -2.28. The maximum Gasteiger partial charge on any atom is 0.405 e. The zero-order valence-corrected chi connectivity index (χ0v) is 11.7. The van der Waals surface area contributed by atoms with E-state index in [0.717, 1.165) is 24.9 Å². The second kappa shape index (κ2) is 5.99. The third-order valence-electron chi connectivity index (χ3n) is 3.40. The number of halogens is 3. The standard InChI is InChI=1S/C14H20F3N3/c1-3-18-10(2)12-5-4-8-19-13(12)20(11-6-7-11)9-14(15,16)17/h4-5,8,10-11,18H,3,6-7,9H2,1-2H3. The van der Waals surface area contributed by atoms with Crippen molar-refractivity contribution in [2.24, 2.45) is 0 Å². The van der Waals surface area contributed by atoms with Gasteiger partial charge >= 0.3 is 6.18 Å². The molecule has 0 aromatic carbocycles. The molecule has 1 aliphatic rings. The van der Waals surface area contributed by atoms with Gasteiger partial charge in [-0.15, -0.1) is 0 Å². The van der Waals surface area contributed by atoms with E-state index in [-0.39, 0.29) is 12.1 Å². The maximum atomic E-state index is 12.8. The molecule has 1 aromatic rings. The van der Waals surface area contributed by atoms with E-state index in [1.165, 1.54) is 4.90 Å². The summed E-state index contributed by atoms with van der Waals surface area (Å²) in [7, 11) is 0. The van der Waals surface area contributed by atoms with Crippen LogP contribution in [0.25, 0.3) is 0 Å². The summed E-state index contributed by atoms with van der Waals surface area (Å²) < 4.78 is 38.3. The Bertz CT molecular complexity index is 444. The molecule has 0 spiro atoms. The highest BCUT2D eigenvalue weighted by Gasteiger charge is 2.39. The molecule has 1 heterocycles. The predicted molar refractivity (Wildman–Crippen MR) is 72.8 cm³/mol. The van der Waals surface area contributed by atoms with Crippen LogP contribution in [0.15, 0.2) is 18.3 Å². The fraction of sp³-hybridized carbons (Fsp3) is 0.643. The SMILES string of the molecule is CCNC(C)c1cccnc1N(CC(F)(F)F)C1CC1. The van der Waals surface area contributed by atoms with Crippen molar-refractivity contribution in [3.8, 4) is 0 Å². The summed E-state index contributed by atoms with van der Waals surface area (Å²) in [6.45, 7) is 3.75. The van der Waals surface area contributed by atoms with Crippen molar-refractivity contribution in [1.29, 1.82) is 0 Å². The summed E-state index contributed by atoms with van der Waals surface area (Å²) in [5, 5.41) is 3.23. The number of nitrogens with zero attached hydrogens (tertiary/aromatic N) is 2. The fourth-order valence-corrected chi connectivity index (χ4v) is 2.36. The molecule has 112 valence electrons. The van der Waals surface area contributed by atoms with Crippen LogP contribution in [0, 0.1) is 0 Å². The van der Waals surface area contributed by atoms with Crippen LogP contribution in [0.3, 0.4) is 0 Å². The summed E-state index contributed by atoms with van der Waals surface area (Å²) in [5.41, 5.74) is 0.825. The van der Waals surface area contributed by atoms with Gasteiger partial charge in [0.15, 0.2) is 0 Å². The second-order valence-electron chi connectivity index (χ2n) is 5.17. The molecule has 1 N–H and O–H groups in total. The normalized spacial score (nSPS) is 17.1. The van der Waals surface area contributed by atoms with E-state index >= 15 is 0 Å². The highest BCUT2D eigenvalue weighted by molar-refractivity contribution is 5.50. The molecule has 1 aromatic heterocycles. The monoisotopic (exact) mass is 287 g/mol. The van der Waals surface area contributed by atoms with Crippen molar-refractivity contribution in [3.05, 3.63) is 23.9 Å². The molecule has 0 bridgehead atoms. The van der Waals surface area contributed by atoms with E-state index in [1.54, 1.807) is 12.3 Å². The summed E-state index contributed by atoms with van der Waals surface area (Å²) in [6, 6.07) is 3.57. The molecule has 1 saturated carbocycles. The summed E-state index contributed by atoms with van der Waals surface area (Å²) in [5.74, 6) is 0.459. The lowest BCUT2D eigenvalue weighted by molar-refractivity contribution is -0.120. The molecule has 1 aliphatic carbocycles. The molecule has 0 amide bonds. The van der Waals surface area contributed by atoms with Crippen LogP contribution in [0.2, 0.25) is 0 Å². The highest BCUT2D eigenvalue weighted by Crippen LogP contribution is 2.36. The van der Waals surface area contributed by atoms with Crippen LogP contribution in [-0.4, -0.2) is 30.3 Å². The average Bonchev–Trinajstić information content (AvgIpc) is 3.19. The second-order valence-corrected chi connectivity index (χ2v) is 5.17. The van der Waals surface area contributed by atoms with Crippen LogP contribution < -0.4 is 10.2 Å². The van der Waals surface area contributed by atoms with E-state index in [9.17, 15) is 13.2 Å². The lowest BCUT2D eigenvalue weighted by Crippen LogP contribution is -2.37. The van der Waals surface area contributed by atoms with Gasteiger partial charge < -0.3 is 10.2 Å². The quantitative estimate of drug-likeness (QED) is 0.870. The van der Waals surface area contributed by atoms with Crippen LogP contribution in [0.1, 0.15) is 38.3 Å². The van der Waals surface area contributed by atoms with Gasteiger partial charge in [-0.05, 0) is 32.4 Å². The first-order valence-electron chi connectivity index (χ1n) is 6.94. The molecule has 0 radical (unpaired) electrons. The molecule has 1 fully saturated rings. The minimum atomic E-state index is -4.21. The van der Waals surface area contributed by atoms with E-state index in [2.05, 4.69) is 10.3 Å². The molecule has 0 saturated heterocycles. The van der Waals surface area contributed by atoms with Crippen molar-refractivity contribution in [2.75, 3.05) is 18.0 Å². The third kappa shape index (κ3) is 3.85. The minimum absolute atomic E-state index is 0.0156. The van der Waals surface area contributed by atoms with E-state index < -0.39 is 12.7 Å². The predicted octanol–water partition coefficient (Wildman–Crippen LogP) is 3.28. The van der Waals surface area contributed by atoms with Crippen LogP contribution in [0.4, 0.5) is 19.0 Å². The van der Waals surface area contributed by atoms with Gasteiger partial charge in [0.25, 0.3) is 0 Å². The Morgan fingerprint density at radius 3 is 2.70 bits per heavy atom. The average molecular weight is 287 g/mol. The molecule has 20 heavy (non-hydrogen) atoms. The fourth-order valence-electron chi connectivity index (χ4n) is 2.36. The van der Waals surface area contributed by atoms with Crippen molar-refractivity contribution in [2.45, 2.75) is 44.9 Å². The van der Waals surface area contributed by atoms with E-state index in [4.69, 9.17) is 0 Å².